The van der Waals surface area contributed by atoms with Crippen molar-refractivity contribution in [1.29, 1.82) is 0 Å². The Bertz CT molecular complexity index is 1010. The molecule has 1 aromatic rings. The molecule has 2 aliphatic rings. The predicted octanol–water partition coefficient (Wildman–Crippen LogP) is 3.25. The minimum Gasteiger partial charge on any atom is -0.467 e. The summed E-state index contributed by atoms with van der Waals surface area (Å²) in [6, 6.07) is 2.76. The van der Waals surface area contributed by atoms with E-state index in [2.05, 4.69) is 5.32 Å². The molecule has 2 fully saturated rings. The number of carbonyl (C=O) groups excluding carboxylic acids is 4. The molecular formula is C24H29Cl2N3O5S. The lowest BCUT2D eigenvalue weighted by atomic mass is 9.95. The Morgan fingerprint density at radius 3 is 2.51 bits per heavy atom. The van der Waals surface area contributed by atoms with Gasteiger partial charge in [0.2, 0.25) is 17.7 Å². The van der Waals surface area contributed by atoms with E-state index in [9.17, 15) is 19.2 Å². The zero-order chi connectivity index (χ0) is 25.5. The average Bonchev–Trinajstić information content (AvgIpc) is 3.27. The molecule has 0 saturated carbocycles. The number of thioether (sulfide) groups is 1. The van der Waals surface area contributed by atoms with Gasteiger partial charge in [0.1, 0.15) is 6.04 Å². The number of hydrogen-bond donors (Lipinski definition) is 1. The van der Waals surface area contributed by atoms with Crippen LogP contribution in [0.3, 0.4) is 0 Å². The van der Waals surface area contributed by atoms with Gasteiger partial charge in [-0.25, -0.2) is 4.79 Å². The number of esters is 1. The Balaban J connectivity index is 1.53. The summed E-state index contributed by atoms with van der Waals surface area (Å²) in [5.41, 5.74) is 0.655. The number of likely N-dealkylation sites (tertiary alicyclic amines) is 2. The second-order valence-electron chi connectivity index (χ2n) is 8.45. The molecule has 35 heavy (non-hydrogen) atoms. The van der Waals surface area contributed by atoms with Crippen molar-refractivity contribution in [1.82, 2.24) is 15.1 Å². The van der Waals surface area contributed by atoms with Gasteiger partial charge >= 0.3 is 5.97 Å². The molecule has 1 atom stereocenters. The molecular weight excluding hydrogens is 513 g/mol. The van der Waals surface area contributed by atoms with Gasteiger partial charge in [-0.2, -0.15) is 0 Å². The third-order valence-electron chi connectivity index (χ3n) is 6.26. The summed E-state index contributed by atoms with van der Waals surface area (Å²) in [6.45, 7) is 1.49. The molecule has 0 bridgehead atoms. The lowest BCUT2D eigenvalue weighted by molar-refractivity contribution is -0.147. The van der Waals surface area contributed by atoms with Crippen LogP contribution in [0, 0.1) is 5.92 Å². The monoisotopic (exact) mass is 541 g/mol. The van der Waals surface area contributed by atoms with Crippen molar-refractivity contribution < 1.29 is 23.9 Å². The van der Waals surface area contributed by atoms with E-state index in [-0.39, 0.29) is 30.2 Å². The molecule has 1 N–H and O–H groups in total. The minimum absolute atomic E-state index is 0.0308. The third kappa shape index (κ3) is 6.92. The van der Waals surface area contributed by atoms with Gasteiger partial charge in [0.05, 0.1) is 23.7 Å². The summed E-state index contributed by atoms with van der Waals surface area (Å²) in [7, 11) is 1.25. The molecule has 0 spiro atoms. The molecule has 2 saturated heterocycles. The number of rotatable bonds is 8. The first-order valence-electron chi connectivity index (χ1n) is 11.4. The van der Waals surface area contributed by atoms with Gasteiger partial charge in [-0.3, -0.25) is 14.4 Å². The molecule has 0 radical (unpaired) electrons. The van der Waals surface area contributed by atoms with Crippen LogP contribution >= 0.6 is 35.0 Å². The van der Waals surface area contributed by atoms with Crippen molar-refractivity contribution in [3.8, 4) is 0 Å². The maximum atomic E-state index is 12.8. The van der Waals surface area contributed by atoms with E-state index in [0.717, 1.165) is 11.3 Å². The molecule has 0 aliphatic carbocycles. The fourth-order valence-electron chi connectivity index (χ4n) is 4.19. The van der Waals surface area contributed by atoms with E-state index in [1.54, 1.807) is 15.9 Å². The van der Waals surface area contributed by atoms with Gasteiger partial charge in [-0.15, -0.1) is 11.8 Å². The second-order valence-corrected chi connectivity index (χ2v) is 10.0. The molecule has 0 unspecified atom stereocenters. The van der Waals surface area contributed by atoms with Gasteiger partial charge in [0, 0.05) is 42.9 Å². The zero-order valence-corrected chi connectivity index (χ0v) is 22.0. The van der Waals surface area contributed by atoms with E-state index < -0.39 is 12.0 Å². The number of halogens is 2. The van der Waals surface area contributed by atoms with Crippen LogP contribution in [0.25, 0.3) is 6.08 Å². The fraction of sp³-hybridized carbons (Fsp3) is 0.500. The van der Waals surface area contributed by atoms with Crippen LogP contribution in [-0.4, -0.2) is 79.1 Å². The summed E-state index contributed by atoms with van der Waals surface area (Å²) >= 11 is 14.1. The number of benzene rings is 1. The SMILES string of the molecule is COC(=O)[C@H](CN1CCCC1=O)NC(=O)C1CCN(C(=O)/C=C/c2ccc(SC)c(Cl)c2Cl)CC1. The highest BCUT2D eigenvalue weighted by molar-refractivity contribution is 7.98. The van der Waals surface area contributed by atoms with E-state index in [4.69, 9.17) is 27.9 Å². The minimum atomic E-state index is -0.911. The fourth-order valence-corrected chi connectivity index (χ4v) is 5.36. The van der Waals surface area contributed by atoms with Crippen molar-refractivity contribution in [3.63, 3.8) is 0 Å². The molecule has 3 amide bonds. The number of methoxy groups -OCH3 is 1. The average molecular weight is 542 g/mol. The van der Waals surface area contributed by atoms with Crippen LogP contribution in [-0.2, 0) is 23.9 Å². The van der Waals surface area contributed by atoms with Gasteiger partial charge in [-0.05, 0) is 43.2 Å². The molecule has 2 heterocycles. The van der Waals surface area contributed by atoms with E-state index in [1.165, 1.54) is 24.9 Å². The van der Waals surface area contributed by atoms with Crippen LogP contribution in [0.4, 0.5) is 0 Å². The van der Waals surface area contributed by atoms with Crippen molar-refractivity contribution in [3.05, 3.63) is 33.8 Å². The van der Waals surface area contributed by atoms with Gasteiger partial charge in [-0.1, -0.05) is 29.3 Å². The molecule has 0 aromatic heterocycles. The molecule has 1 aromatic carbocycles. The summed E-state index contributed by atoms with van der Waals surface area (Å²) in [5.74, 6) is -1.40. The summed E-state index contributed by atoms with van der Waals surface area (Å²) in [4.78, 5) is 53.7. The number of carbonyl (C=O) groups is 4. The standard InChI is InChI=1S/C24H29Cl2N3O5S/c1-34-24(33)17(14-29-11-3-4-19(29)30)27-23(32)16-9-12-28(13-10-16)20(31)8-6-15-5-7-18(35-2)22(26)21(15)25/h5-8,16-17H,3-4,9-14H2,1-2H3,(H,27,32)/b8-6+/t17-/m0/s1. The molecule has 2 aliphatic heterocycles. The quantitative estimate of drug-likeness (QED) is 0.308. The van der Waals surface area contributed by atoms with Crippen molar-refractivity contribution in [2.45, 2.75) is 36.6 Å². The Hall–Kier alpha value is -2.23. The number of ether oxygens (including phenoxy) is 1. The van der Waals surface area contributed by atoms with Gasteiger partial charge in [0.25, 0.3) is 0 Å². The first kappa shape index (κ1) is 27.4. The van der Waals surface area contributed by atoms with Crippen LogP contribution in [0.5, 0.6) is 0 Å². The van der Waals surface area contributed by atoms with E-state index >= 15 is 0 Å². The molecule has 11 heteroatoms. The topological polar surface area (TPSA) is 96.0 Å². The highest BCUT2D eigenvalue weighted by Crippen LogP contribution is 2.35. The first-order valence-corrected chi connectivity index (χ1v) is 13.4. The van der Waals surface area contributed by atoms with E-state index in [0.29, 0.717) is 54.5 Å². The van der Waals surface area contributed by atoms with Crippen LogP contribution < -0.4 is 5.32 Å². The van der Waals surface area contributed by atoms with Crippen LogP contribution in [0.2, 0.25) is 10.0 Å². The maximum absolute atomic E-state index is 12.8. The van der Waals surface area contributed by atoms with Gasteiger partial charge < -0.3 is 19.9 Å². The predicted molar refractivity (Wildman–Crippen MR) is 136 cm³/mol. The van der Waals surface area contributed by atoms with Crippen LogP contribution in [0.1, 0.15) is 31.2 Å². The smallest absolute Gasteiger partial charge is 0.330 e. The normalized spacial score (nSPS) is 17.7. The van der Waals surface area contributed by atoms with Crippen molar-refractivity contribution in [2.75, 3.05) is 39.5 Å². The Morgan fingerprint density at radius 2 is 1.91 bits per heavy atom. The Labute approximate surface area is 219 Å². The Morgan fingerprint density at radius 1 is 1.20 bits per heavy atom. The number of hydrogen-bond acceptors (Lipinski definition) is 6. The number of nitrogens with zero attached hydrogens (tertiary/aromatic N) is 2. The number of amides is 3. The lowest BCUT2D eigenvalue weighted by Crippen LogP contribution is -2.52. The van der Waals surface area contributed by atoms with Crippen molar-refractivity contribution >= 4 is 64.7 Å². The lowest BCUT2D eigenvalue weighted by Gasteiger charge is -2.31. The third-order valence-corrected chi connectivity index (χ3v) is 8.04. The summed E-state index contributed by atoms with van der Waals surface area (Å²) < 4.78 is 4.82. The van der Waals surface area contributed by atoms with Gasteiger partial charge in [0.15, 0.2) is 0 Å². The highest BCUT2D eigenvalue weighted by atomic mass is 35.5. The number of nitrogens with one attached hydrogen (secondary N) is 1. The Kier molecular flexibility index (Phi) is 9.89. The highest BCUT2D eigenvalue weighted by Gasteiger charge is 2.32. The summed E-state index contributed by atoms with van der Waals surface area (Å²) in [5, 5.41) is 3.60. The van der Waals surface area contributed by atoms with E-state index in [1.807, 2.05) is 18.4 Å². The van der Waals surface area contributed by atoms with Crippen molar-refractivity contribution in [2.24, 2.45) is 5.92 Å². The number of piperidine rings is 1. The van der Waals surface area contributed by atoms with Crippen LogP contribution in [0.15, 0.2) is 23.1 Å². The second kappa shape index (κ2) is 12.6. The first-order chi connectivity index (χ1) is 16.7. The zero-order valence-electron chi connectivity index (χ0n) is 19.7. The maximum Gasteiger partial charge on any atom is 0.330 e. The summed E-state index contributed by atoms with van der Waals surface area (Å²) in [6.07, 6.45) is 7.13. The molecule has 190 valence electrons. The molecule has 3 rings (SSSR count). The largest absolute Gasteiger partial charge is 0.467 e. The molecule has 8 nitrogen and oxygen atoms in total.